The van der Waals surface area contributed by atoms with Crippen molar-refractivity contribution in [1.82, 2.24) is 0 Å². The van der Waals surface area contributed by atoms with Crippen molar-refractivity contribution in [2.45, 2.75) is 24.7 Å². The van der Waals surface area contributed by atoms with Crippen LogP contribution in [0, 0.1) is 0 Å². The quantitative estimate of drug-likeness (QED) is 0.694. The van der Waals surface area contributed by atoms with Crippen LogP contribution in [0.3, 0.4) is 0 Å². The van der Waals surface area contributed by atoms with Crippen LogP contribution in [0.4, 0.5) is 0 Å². The summed E-state index contributed by atoms with van der Waals surface area (Å²) < 4.78 is 5.36. The lowest BCUT2D eigenvalue weighted by Crippen LogP contribution is -2.10. The summed E-state index contributed by atoms with van der Waals surface area (Å²) in [7, 11) is 0. The first-order valence-electron chi connectivity index (χ1n) is 5.04. The van der Waals surface area contributed by atoms with Crippen LogP contribution in [-0.4, -0.2) is 18.6 Å². The maximum Gasteiger partial charge on any atom is 0.170 e. The van der Waals surface area contributed by atoms with Crippen molar-refractivity contribution in [2.75, 3.05) is 12.9 Å². The highest BCUT2D eigenvalue weighted by atomic mass is 32.2. The Bertz CT molecular complexity index is 306. The van der Waals surface area contributed by atoms with Crippen molar-refractivity contribution in [2.24, 2.45) is 0 Å². The molecule has 0 saturated carbocycles. The fourth-order valence-electron chi connectivity index (χ4n) is 1.19. The van der Waals surface area contributed by atoms with Crippen LogP contribution < -0.4 is 4.74 Å². The molecule has 0 saturated heterocycles. The summed E-state index contributed by atoms with van der Waals surface area (Å²) >= 11 is 1.69. The fourth-order valence-corrected chi connectivity index (χ4v) is 1.60. The highest BCUT2D eigenvalue weighted by molar-refractivity contribution is 7.98. The molecule has 0 aliphatic rings. The van der Waals surface area contributed by atoms with E-state index < -0.39 is 0 Å². The lowest BCUT2D eigenvalue weighted by atomic mass is 10.2. The van der Waals surface area contributed by atoms with Crippen molar-refractivity contribution < 1.29 is 9.53 Å². The van der Waals surface area contributed by atoms with Gasteiger partial charge >= 0.3 is 0 Å². The number of thioether (sulfide) groups is 1. The first-order valence-corrected chi connectivity index (χ1v) is 6.27. The molecule has 0 atom stereocenters. The van der Waals surface area contributed by atoms with Crippen LogP contribution in [0.5, 0.6) is 5.75 Å². The summed E-state index contributed by atoms with van der Waals surface area (Å²) in [5.74, 6) is 0.920. The average Bonchev–Trinajstić information content (AvgIpc) is 2.27. The second-order valence-corrected chi connectivity index (χ2v) is 4.13. The van der Waals surface area contributed by atoms with E-state index in [1.54, 1.807) is 11.8 Å². The van der Waals surface area contributed by atoms with Crippen LogP contribution in [-0.2, 0) is 4.79 Å². The molecule has 3 heteroatoms. The number of benzene rings is 1. The number of ketones is 1. The van der Waals surface area contributed by atoms with Crippen LogP contribution >= 0.6 is 11.8 Å². The second kappa shape index (κ2) is 6.51. The Morgan fingerprint density at radius 1 is 1.33 bits per heavy atom. The summed E-state index contributed by atoms with van der Waals surface area (Å²) in [6.07, 6.45) is 3.51. The monoisotopic (exact) mass is 224 g/mol. The van der Waals surface area contributed by atoms with E-state index in [2.05, 4.69) is 0 Å². The molecule has 0 aliphatic heterocycles. The SMILES string of the molecule is CCCC(=O)COc1ccc(SC)cc1. The Labute approximate surface area is 95.0 Å². The first kappa shape index (κ1) is 12.1. The molecule has 0 spiro atoms. The van der Waals surface area contributed by atoms with E-state index in [0.29, 0.717) is 6.42 Å². The van der Waals surface area contributed by atoms with Crippen molar-refractivity contribution in [1.29, 1.82) is 0 Å². The Kier molecular flexibility index (Phi) is 5.26. The molecule has 0 bridgehead atoms. The van der Waals surface area contributed by atoms with Gasteiger partial charge in [-0.3, -0.25) is 4.79 Å². The van der Waals surface area contributed by atoms with Gasteiger partial charge in [0.25, 0.3) is 0 Å². The van der Waals surface area contributed by atoms with Gasteiger partial charge in [-0.1, -0.05) is 6.92 Å². The van der Waals surface area contributed by atoms with Gasteiger partial charge in [0.1, 0.15) is 12.4 Å². The van der Waals surface area contributed by atoms with E-state index in [1.165, 1.54) is 4.90 Å². The minimum absolute atomic E-state index is 0.159. The van der Waals surface area contributed by atoms with Gasteiger partial charge in [0.15, 0.2) is 5.78 Å². The number of hydrogen-bond donors (Lipinski definition) is 0. The predicted molar refractivity (Wildman–Crippen MR) is 63.6 cm³/mol. The maximum absolute atomic E-state index is 11.2. The van der Waals surface area contributed by atoms with Gasteiger partial charge < -0.3 is 4.74 Å². The number of ether oxygens (including phenoxy) is 1. The lowest BCUT2D eigenvalue weighted by Gasteiger charge is -2.05. The largest absolute Gasteiger partial charge is 0.486 e. The van der Waals surface area contributed by atoms with E-state index in [4.69, 9.17) is 4.74 Å². The van der Waals surface area contributed by atoms with Gasteiger partial charge in [0, 0.05) is 11.3 Å². The molecular weight excluding hydrogens is 208 g/mol. The lowest BCUT2D eigenvalue weighted by molar-refractivity contribution is -0.121. The number of rotatable bonds is 6. The molecule has 0 aromatic heterocycles. The smallest absolute Gasteiger partial charge is 0.170 e. The third-order valence-electron chi connectivity index (χ3n) is 1.99. The van der Waals surface area contributed by atoms with Crippen molar-refractivity contribution in [3.63, 3.8) is 0 Å². The first-order chi connectivity index (χ1) is 7.26. The van der Waals surface area contributed by atoms with Gasteiger partial charge in [0.05, 0.1) is 0 Å². The molecule has 0 aliphatic carbocycles. The summed E-state index contributed by atoms with van der Waals surface area (Å²) in [6, 6.07) is 7.77. The molecule has 15 heavy (non-hydrogen) atoms. The molecule has 0 radical (unpaired) electrons. The summed E-state index contributed by atoms with van der Waals surface area (Å²) in [6.45, 7) is 2.18. The molecule has 2 nitrogen and oxygen atoms in total. The minimum atomic E-state index is 0.159. The van der Waals surface area contributed by atoms with Gasteiger partial charge in [-0.2, -0.15) is 0 Å². The molecule has 1 aromatic carbocycles. The van der Waals surface area contributed by atoms with E-state index >= 15 is 0 Å². The zero-order valence-electron chi connectivity index (χ0n) is 9.16. The molecule has 1 rings (SSSR count). The number of hydrogen-bond acceptors (Lipinski definition) is 3. The summed E-state index contributed by atoms with van der Waals surface area (Å²) in [5.41, 5.74) is 0. The highest BCUT2D eigenvalue weighted by Crippen LogP contribution is 2.18. The maximum atomic E-state index is 11.2. The molecule has 1 aromatic rings. The van der Waals surface area contributed by atoms with E-state index in [1.807, 2.05) is 37.4 Å². The fraction of sp³-hybridized carbons (Fsp3) is 0.417. The zero-order chi connectivity index (χ0) is 11.1. The Morgan fingerprint density at radius 3 is 2.53 bits per heavy atom. The van der Waals surface area contributed by atoms with E-state index in [9.17, 15) is 4.79 Å². The van der Waals surface area contributed by atoms with Gasteiger partial charge in [0.2, 0.25) is 0 Å². The Balaban J connectivity index is 2.40. The van der Waals surface area contributed by atoms with Crippen molar-refractivity contribution >= 4 is 17.5 Å². The molecule has 0 amide bonds. The molecule has 0 unspecified atom stereocenters. The molecule has 82 valence electrons. The predicted octanol–water partition coefficient (Wildman–Crippen LogP) is 3.16. The molecule has 0 N–H and O–H groups in total. The zero-order valence-corrected chi connectivity index (χ0v) is 9.97. The van der Waals surface area contributed by atoms with Crippen LogP contribution in [0.15, 0.2) is 29.2 Å². The number of Topliss-reactive ketones (excluding diaryl/α,β-unsaturated/α-hetero) is 1. The van der Waals surface area contributed by atoms with Crippen LogP contribution in [0.2, 0.25) is 0 Å². The van der Waals surface area contributed by atoms with Crippen molar-refractivity contribution in [3.8, 4) is 5.75 Å². The molecular formula is C12H16O2S. The average molecular weight is 224 g/mol. The molecule has 0 heterocycles. The summed E-state index contributed by atoms with van der Waals surface area (Å²) in [4.78, 5) is 12.4. The van der Waals surface area contributed by atoms with Crippen LogP contribution in [0.1, 0.15) is 19.8 Å². The number of carbonyl (C=O) groups excluding carboxylic acids is 1. The summed E-state index contributed by atoms with van der Waals surface area (Å²) in [5, 5.41) is 0. The van der Waals surface area contributed by atoms with Crippen molar-refractivity contribution in [3.05, 3.63) is 24.3 Å². The third kappa shape index (κ3) is 4.38. The Morgan fingerprint density at radius 2 is 2.00 bits per heavy atom. The second-order valence-electron chi connectivity index (χ2n) is 3.25. The molecule has 0 fully saturated rings. The Hall–Kier alpha value is -0.960. The highest BCUT2D eigenvalue weighted by Gasteiger charge is 2.01. The van der Waals surface area contributed by atoms with Gasteiger partial charge in [-0.25, -0.2) is 0 Å². The van der Waals surface area contributed by atoms with Gasteiger partial charge in [-0.05, 0) is 36.9 Å². The van der Waals surface area contributed by atoms with E-state index in [-0.39, 0.29) is 12.4 Å². The minimum Gasteiger partial charge on any atom is -0.486 e. The van der Waals surface area contributed by atoms with E-state index in [0.717, 1.165) is 12.2 Å². The normalized spacial score (nSPS) is 10.0. The van der Waals surface area contributed by atoms with Gasteiger partial charge in [-0.15, -0.1) is 11.8 Å². The standard InChI is InChI=1S/C12H16O2S/c1-3-4-10(13)9-14-11-5-7-12(15-2)8-6-11/h5-8H,3-4,9H2,1-2H3. The number of carbonyl (C=O) groups is 1. The van der Waals surface area contributed by atoms with Crippen LogP contribution in [0.25, 0.3) is 0 Å². The topological polar surface area (TPSA) is 26.3 Å². The third-order valence-corrected chi connectivity index (χ3v) is 2.73.